The molecule has 0 aliphatic heterocycles. The molecule has 0 saturated heterocycles. The van der Waals surface area contributed by atoms with Gasteiger partial charge in [0.2, 0.25) is 0 Å². The van der Waals surface area contributed by atoms with E-state index >= 15 is 0 Å². The maximum absolute atomic E-state index is 11.5. The minimum absolute atomic E-state index is 0.387. The molecule has 0 fully saturated rings. The number of rotatable bonds is 2. The van der Waals surface area contributed by atoms with Crippen molar-refractivity contribution in [2.75, 3.05) is 0 Å². The number of fused-ring (bicyclic) bond motifs is 1. The van der Waals surface area contributed by atoms with Crippen molar-refractivity contribution >= 4 is 34.3 Å². The van der Waals surface area contributed by atoms with Gasteiger partial charge in [-0.1, -0.05) is 35.9 Å². The fourth-order valence-corrected chi connectivity index (χ4v) is 2.96. The van der Waals surface area contributed by atoms with Crippen LogP contribution in [0.2, 0.25) is 5.02 Å². The van der Waals surface area contributed by atoms with Gasteiger partial charge in [0.25, 0.3) is 0 Å². The molecule has 3 aromatic rings. The Morgan fingerprint density at radius 1 is 1.24 bits per heavy atom. The highest BCUT2D eigenvalue weighted by atomic mass is 35.5. The molecule has 0 bridgehead atoms. The molecular weight excluding hydrogens is 309 g/mol. The van der Waals surface area contributed by atoms with Crippen molar-refractivity contribution in [1.29, 1.82) is 0 Å². The normalized spacial score (nSPS) is 12.8. The highest BCUT2D eigenvalue weighted by Crippen LogP contribution is 2.35. The Labute approximate surface area is 131 Å². The van der Waals surface area contributed by atoms with Gasteiger partial charge in [0.05, 0.1) is 10.9 Å². The lowest BCUT2D eigenvalue weighted by Gasteiger charge is -2.13. The van der Waals surface area contributed by atoms with Crippen molar-refractivity contribution in [3.05, 3.63) is 68.7 Å². The second-order valence-corrected chi connectivity index (χ2v) is 5.81. The predicted molar refractivity (Wildman–Crippen MR) is 85.3 cm³/mol. The molecule has 0 aliphatic carbocycles. The number of benzene rings is 2. The van der Waals surface area contributed by atoms with Crippen LogP contribution < -0.4 is 5.76 Å². The van der Waals surface area contributed by atoms with Gasteiger partial charge in [0.15, 0.2) is 5.58 Å². The average molecular weight is 322 g/mol. The van der Waals surface area contributed by atoms with Crippen LogP contribution in [0.5, 0.6) is 0 Å². The molecule has 1 unspecified atom stereocenters. The zero-order valence-corrected chi connectivity index (χ0v) is 13.1. The van der Waals surface area contributed by atoms with E-state index in [-0.39, 0.29) is 5.76 Å². The number of hydrogen-bond donors (Lipinski definition) is 0. The van der Waals surface area contributed by atoms with E-state index in [1.165, 1.54) is 4.57 Å². The number of aryl methyl sites for hydroxylation is 2. The lowest BCUT2D eigenvalue weighted by atomic mass is 10.0. The van der Waals surface area contributed by atoms with Gasteiger partial charge in [0.1, 0.15) is 0 Å². The molecule has 108 valence electrons. The number of oxazole rings is 1. The van der Waals surface area contributed by atoms with E-state index in [0.29, 0.717) is 10.6 Å². The summed E-state index contributed by atoms with van der Waals surface area (Å²) in [7, 11) is 1.67. The number of nitrogens with zero attached hydrogens (tertiary/aromatic N) is 1. The van der Waals surface area contributed by atoms with Crippen molar-refractivity contribution in [2.45, 2.75) is 12.3 Å². The topological polar surface area (TPSA) is 35.1 Å². The van der Waals surface area contributed by atoms with Crippen LogP contribution in [0.25, 0.3) is 11.1 Å². The van der Waals surface area contributed by atoms with Gasteiger partial charge in [-0.3, -0.25) is 4.57 Å². The highest BCUT2D eigenvalue weighted by Gasteiger charge is 2.17. The Balaban J connectivity index is 2.11. The van der Waals surface area contributed by atoms with E-state index in [0.717, 1.165) is 22.2 Å². The number of alkyl halides is 1. The molecule has 2 aromatic carbocycles. The second-order valence-electron chi connectivity index (χ2n) is 4.99. The molecule has 1 heterocycles. The smallest absolute Gasteiger partial charge is 0.408 e. The second kappa shape index (κ2) is 5.24. The first kappa shape index (κ1) is 14.2. The molecular formula is C16H13Cl2NO2. The molecule has 1 atom stereocenters. The summed E-state index contributed by atoms with van der Waals surface area (Å²) in [6, 6.07) is 11.3. The summed E-state index contributed by atoms with van der Waals surface area (Å²) in [5, 5.41) is 0.263. The summed E-state index contributed by atoms with van der Waals surface area (Å²) >= 11 is 12.9. The van der Waals surface area contributed by atoms with Gasteiger partial charge in [-0.2, -0.15) is 0 Å². The standard InChI is InChI=1S/C16H13Cl2NO2/c1-9-4-3-5-11(14(9)17)15(18)10-6-7-12-13(8-10)21-16(20)19(12)2/h3-8,15H,1-2H3. The molecule has 21 heavy (non-hydrogen) atoms. The van der Waals surface area contributed by atoms with E-state index in [1.807, 2.05) is 37.3 Å². The Hall–Kier alpha value is -1.71. The molecule has 0 amide bonds. The summed E-state index contributed by atoms with van der Waals surface area (Å²) in [5.74, 6) is -0.387. The summed E-state index contributed by atoms with van der Waals surface area (Å²) in [6.45, 7) is 1.94. The molecule has 0 spiro atoms. The van der Waals surface area contributed by atoms with Crippen molar-refractivity contribution in [3.8, 4) is 0 Å². The van der Waals surface area contributed by atoms with Gasteiger partial charge < -0.3 is 4.42 Å². The van der Waals surface area contributed by atoms with E-state index in [9.17, 15) is 4.79 Å². The lowest BCUT2D eigenvalue weighted by Crippen LogP contribution is -2.08. The summed E-state index contributed by atoms with van der Waals surface area (Å²) < 4.78 is 6.66. The van der Waals surface area contributed by atoms with Gasteiger partial charge in [0, 0.05) is 12.1 Å². The van der Waals surface area contributed by atoms with Crippen LogP contribution >= 0.6 is 23.2 Å². The fourth-order valence-electron chi connectivity index (χ4n) is 2.35. The molecule has 3 nitrogen and oxygen atoms in total. The third-order valence-corrected chi connectivity index (χ3v) is 4.61. The zero-order valence-electron chi connectivity index (χ0n) is 11.6. The molecule has 0 aliphatic rings. The van der Waals surface area contributed by atoms with Gasteiger partial charge in [-0.25, -0.2) is 4.79 Å². The van der Waals surface area contributed by atoms with Crippen LogP contribution in [-0.4, -0.2) is 4.57 Å². The van der Waals surface area contributed by atoms with Crippen molar-refractivity contribution in [2.24, 2.45) is 7.05 Å². The van der Waals surface area contributed by atoms with E-state index in [4.69, 9.17) is 27.6 Å². The highest BCUT2D eigenvalue weighted by molar-refractivity contribution is 6.33. The third kappa shape index (κ3) is 2.37. The van der Waals surface area contributed by atoms with E-state index in [1.54, 1.807) is 13.1 Å². The Morgan fingerprint density at radius 2 is 2.00 bits per heavy atom. The Bertz CT molecular complexity index is 880. The van der Waals surface area contributed by atoms with Crippen LogP contribution in [0.4, 0.5) is 0 Å². The van der Waals surface area contributed by atoms with Crippen molar-refractivity contribution in [3.63, 3.8) is 0 Å². The predicted octanol–water partition coefficient (Wildman–Crippen LogP) is 4.42. The van der Waals surface area contributed by atoms with E-state index in [2.05, 4.69) is 0 Å². The minimum Gasteiger partial charge on any atom is -0.408 e. The zero-order chi connectivity index (χ0) is 15.1. The minimum atomic E-state index is -0.396. The first-order valence-corrected chi connectivity index (χ1v) is 7.29. The first-order valence-electron chi connectivity index (χ1n) is 6.47. The van der Waals surface area contributed by atoms with Gasteiger partial charge in [-0.15, -0.1) is 11.6 Å². The van der Waals surface area contributed by atoms with Crippen LogP contribution in [0.3, 0.4) is 0 Å². The average Bonchev–Trinajstić information content (AvgIpc) is 2.76. The van der Waals surface area contributed by atoms with Gasteiger partial charge >= 0.3 is 5.76 Å². The maximum atomic E-state index is 11.5. The number of halogens is 2. The number of aromatic nitrogens is 1. The molecule has 0 radical (unpaired) electrons. The van der Waals surface area contributed by atoms with Crippen LogP contribution in [0, 0.1) is 6.92 Å². The summed E-state index contributed by atoms with van der Waals surface area (Å²) in [6.07, 6.45) is 0. The summed E-state index contributed by atoms with van der Waals surface area (Å²) in [5.41, 5.74) is 3.92. The van der Waals surface area contributed by atoms with Crippen molar-refractivity contribution < 1.29 is 4.42 Å². The molecule has 0 N–H and O–H groups in total. The van der Waals surface area contributed by atoms with Crippen molar-refractivity contribution in [1.82, 2.24) is 4.57 Å². The van der Waals surface area contributed by atoms with E-state index < -0.39 is 5.38 Å². The van der Waals surface area contributed by atoms with Crippen LogP contribution in [-0.2, 0) is 7.05 Å². The van der Waals surface area contributed by atoms with Crippen LogP contribution in [0.15, 0.2) is 45.6 Å². The largest absolute Gasteiger partial charge is 0.419 e. The lowest BCUT2D eigenvalue weighted by molar-refractivity contribution is 0.528. The van der Waals surface area contributed by atoms with Crippen LogP contribution in [0.1, 0.15) is 22.1 Å². The SMILES string of the molecule is Cc1cccc(C(Cl)c2ccc3c(c2)oc(=O)n3C)c1Cl. The monoisotopic (exact) mass is 321 g/mol. The molecule has 3 rings (SSSR count). The fraction of sp³-hybridized carbons (Fsp3) is 0.188. The quantitative estimate of drug-likeness (QED) is 0.655. The van der Waals surface area contributed by atoms with Gasteiger partial charge in [-0.05, 0) is 35.7 Å². The first-order chi connectivity index (χ1) is 9.99. The number of hydrogen-bond acceptors (Lipinski definition) is 2. The Kier molecular flexibility index (Phi) is 3.56. The maximum Gasteiger partial charge on any atom is 0.419 e. The molecule has 5 heteroatoms. The molecule has 1 aromatic heterocycles. The Morgan fingerprint density at radius 3 is 2.76 bits per heavy atom. The third-order valence-electron chi connectivity index (χ3n) is 3.60. The summed E-state index contributed by atoms with van der Waals surface area (Å²) in [4.78, 5) is 11.5. The molecule has 0 saturated carbocycles.